The van der Waals surface area contributed by atoms with Crippen LogP contribution in [0.15, 0.2) is 36.4 Å². The molecule has 2 fully saturated rings. The summed E-state index contributed by atoms with van der Waals surface area (Å²) in [6.45, 7) is 2.00. The summed E-state index contributed by atoms with van der Waals surface area (Å²) in [6, 6.07) is 12.2. The first-order valence-electron chi connectivity index (χ1n) is 12.7. The molecule has 4 heterocycles. The maximum absolute atomic E-state index is 11.3. The zero-order chi connectivity index (χ0) is 26.4. The van der Waals surface area contributed by atoms with Crippen LogP contribution in [0.3, 0.4) is 0 Å². The third-order valence-electron chi connectivity index (χ3n) is 7.40. The number of nitrogens with zero attached hydrogens (tertiary/aromatic N) is 2. The lowest BCUT2D eigenvalue weighted by atomic mass is 9.90. The summed E-state index contributed by atoms with van der Waals surface area (Å²) in [6.07, 6.45) is 2.84. The number of rotatable bonds is 5. The van der Waals surface area contributed by atoms with Gasteiger partial charge in [-0.2, -0.15) is 5.26 Å². The molecule has 9 nitrogen and oxygen atoms in total. The number of nitriles is 1. The molecule has 0 radical (unpaired) electrons. The smallest absolute Gasteiger partial charge is 0.217 e. The zero-order valence-corrected chi connectivity index (χ0v) is 21.5. The van der Waals surface area contributed by atoms with Crippen LogP contribution in [0.5, 0.6) is 5.88 Å². The van der Waals surface area contributed by atoms with E-state index >= 15 is 0 Å². The number of aromatic amines is 1. The monoisotopic (exact) mass is 534 g/mol. The second-order valence-corrected chi connectivity index (χ2v) is 10.4. The number of pyridine rings is 1. The second kappa shape index (κ2) is 10.0. The van der Waals surface area contributed by atoms with Gasteiger partial charge in [-0.1, -0.05) is 41.9 Å². The first kappa shape index (κ1) is 24.9. The van der Waals surface area contributed by atoms with E-state index in [9.17, 15) is 15.2 Å². The van der Waals surface area contributed by atoms with Crippen molar-refractivity contribution in [2.75, 3.05) is 13.2 Å². The number of ether oxygens (including phenoxy) is 3. The molecular weight excluding hydrogens is 508 g/mol. The summed E-state index contributed by atoms with van der Waals surface area (Å²) in [4.78, 5) is 19.2. The Hall–Kier alpha value is -3.42. The first-order valence-corrected chi connectivity index (χ1v) is 13.1. The highest BCUT2D eigenvalue weighted by molar-refractivity contribution is 6.33. The molecule has 0 saturated carbocycles. The molecule has 4 unspecified atom stereocenters. The molecule has 5 atom stereocenters. The fourth-order valence-electron chi connectivity index (χ4n) is 5.52. The third kappa shape index (κ3) is 4.54. The van der Waals surface area contributed by atoms with Crippen LogP contribution in [-0.2, 0) is 14.3 Å². The first-order chi connectivity index (χ1) is 18.4. The van der Waals surface area contributed by atoms with Crippen molar-refractivity contribution in [3.05, 3.63) is 52.6 Å². The van der Waals surface area contributed by atoms with Crippen LogP contribution >= 0.6 is 11.6 Å². The molecule has 0 bridgehead atoms. The van der Waals surface area contributed by atoms with Crippen LogP contribution < -0.4 is 10.1 Å². The highest BCUT2D eigenvalue weighted by Crippen LogP contribution is 2.37. The van der Waals surface area contributed by atoms with E-state index in [1.54, 1.807) is 13.0 Å². The molecule has 38 heavy (non-hydrogen) atoms. The molecule has 2 aliphatic heterocycles. The van der Waals surface area contributed by atoms with Gasteiger partial charge < -0.3 is 29.6 Å². The van der Waals surface area contributed by atoms with Crippen molar-refractivity contribution in [3.63, 3.8) is 0 Å². The quantitative estimate of drug-likeness (QED) is 0.454. The zero-order valence-electron chi connectivity index (χ0n) is 20.7. The van der Waals surface area contributed by atoms with E-state index in [-0.39, 0.29) is 36.6 Å². The number of hydrogen-bond donors (Lipinski definition) is 3. The van der Waals surface area contributed by atoms with Crippen LogP contribution in [0.25, 0.3) is 27.9 Å². The number of allylic oxidation sites excluding steroid dienone is 1. The van der Waals surface area contributed by atoms with E-state index in [1.165, 1.54) is 5.57 Å². The lowest BCUT2D eigenvalue weighted by Crippen LogP contribution is -2.34. The number of fused-ring (bicyclic) bond motifs is 2. The van der Waals surface area contributed by atoms with Gasteiger partial charge in [-0.15, -0.1) is 0 Å². The van der Waals surface area contributed by atoms with Crippen LogP contribution in [0.4, 0.5) is 0 Å². The molecule has 1 aliphatic carbocycles. The summed E-state index contributed by atoms with van der Waals surface area (Å²) in [7, 11) is 0. The molecule has 0 spiro atoms. The van der Waals surface area contributed by atoms with Crippen LogP contribution in [0.2, 0.25) is 5.02 Å². The number of benzene rings is 1. The van der Waals surface area contributed by atoms with Gasteiger partial charge in [0.1, 0.15) is 35.5 Å². The minimum Gasteiger partial charge on any atom is -0.469 e. The number of carbonyl (C=O) groups excluding carboxylic acids is 1. The third-order valence-corrected chi connectivity index (χ3v) is 7.69. The summed E-state index contributed by atoms with van der Waals surface area (Å²) < 4.78 is 17.4. The van der Waals surface area contributed by atoms with Crippen molar-refractivity contribution >= 4 is 34.1 Å². The van der Waals surface area contributed by atoms with Crippen molar-refractivity contribution in [3.8, 4) is 23.2 Å². The number of nitrogens with one attached hydrogen (secondary N) is 2. The summed E-state index contributed by atoms with van der Waals surface area (Å²) in [5.74, 6) is 0.279. The van der Waals surface area contributed by atoms with Crippen LogP contribution in [-0.4, -0.2) is 64.7 Å². The molecule has 3 aromatic rings. The predicted molar refractivity (Wildman–Crippen MR) is 141 cm³/mol. The predicted octanol–water partition coefficient (Wildman–Crippen LogP) is 3.73. The molecule has 10 heteroatoms. The minimum absolute atomic E-state index is 0.00192. The van der Waals surface area contributed by atoms with Gasteiger partial charge in [0, 0.05) is 18.5 Å². The van der Waals surface area contributed by atoms with Crippen molar-refractivity contribution in [2.24, 2.45) is 0 Å². The van der Waals surface area contributed by atoms with Crippen molar-refractivity contribution in [2.45, 2.75) is 56.6 Å². The highest BCUT2D eigenvalue weighted by Gasteiger charge is 2.48. The van der Waals surface area contributed by atoms with Crippen molar-refractivity contribution in [1.82, 2.24) is 15.3 Å². The van der Waals surface area contributed by atoms with Crippen molar-refractivity contribution in [1.29, 1.82) is 5.26 Å². The molecule has 2 saturated heterocycles. The minimum atomic E-state index is -0.684. The van der Waals surface area contributed by atoms with Gasteiger partial charge in [0.25, 0.3) is 0 Å². The number of hydrogen-bond acceptors (Lipinski definition) is 7. The number of amides is 1. The van der Waals surface area contributed by atoms with Gasteiger partial charge in [0.15, 0.2) is 6.10 Å². The second-order valence-electron chi connectivity index (χ2n) is 9.95. The molecule has 1 aromatic carbocycles. The van der Waals surface area contributed by atoms with Gasteiger partial charge in [-0.05, 0) is 36.5 Å². The van der Waals surface area contributed by atoms with Crippen molar-refractivity contribution < 1.29 is 24.1 Å². The Bertz CT molecular complexity index is 1460. The lowest BCUT2D eigenvalue weighted by Gasteiger charge is -2.22. The van der Waals surface area contributed by atoms with E-state index < -0.39 is 24.4 Å². The van der Waals surface area contributed by atoms with Gasteiger partial charge in [-0.3, -0.25) is 4.79 Å². The standard InChI is InChI=1S/C28H27ClN4O5/c1-14(34)31-18-8-6-16(7-9-18)15-2-4-17(5-3-15)24-20(29)10-21-25(33-24)19(11-30)28(32-21)38-23-13-37-26-22(35)12-36-27(23)26/h2-6,10,18,22-23,26-27,32,35H,7-9,12-13H2,1H3,(H,31,34)/t18?,22?,23?,26?,27-/m1/s1. The van der Waals surface area contributed by atoms with E-state index in [2.05, 4.69) is 22.4 Å². The van der Waals surface area contributed by atoms with Gasteiger partial charge in [-0.25, -0.2) is 4.98 Å². The number of aliphatic hydroxyl groups is 1. The largest absolute Gasteiger partial charge is 0.469 e. The fourth-order valence-corrected chi connectivity index (χ4v) is 5.78. The van der Waals surface area contributed by atoms with Gasteiger partial charge >= 0.3 is 0 Å². The van der Waals surface area contributed by atoms with E-state index in [0.29, 0.717) is 21.7 Å². The Balaban J connectivity index is 1.24. The Morgan fingerprint density at radius 2 is 2.00 bits per heavy atom. The number of aromatic nitrogens is 2. The topological polar surface area (TPSA) is 129 Å². The fraction of sp³-hybridized carbons (Fsp3) is 0.393. The molecule has 1 amide bonds. The Labute approximate surface area is 224 Å². The maximum Gasteiger partial charge on any atom is 0.217 e. The van der Waals surface area contributed by atoms with E-state index in [4.69, 9.17) is 30.8 Å². The number of carbonyl (C=O) groups is 1. The average Bonchev–Trinajstić information content (AvgIpc) is 3.58. The molecule has 3 N–H and O–H groups in total. The Morgan fingerprint density at radius 1 is 1.24 bits per heavy atom. The molecule has 2 aromatic heterocycles. The molecular formula is C28H27ClN4O5. The van der Waals surface area contributed by atoms with Crippen LogP contribution in [0, 0.1) is 11.3 Å². The molecule has 3 aliphatic rings. The number of aliphatic hydroxyl groups excluding tert-OH is 1. The Morgan fingerprint density at radius 3 is 2.71 bits per heavy atom. The number of H-pyrrole nitrogens is 1. The highest BCUT2D eigenvalue weighted by atomic mass is 35.5. The Kier molecular flexibility index (Phi) is 6.58. The molecule has 6 rings (SSSR count). The lowest BCUT2D eigenvalue weighted by molar-refractivity contribution is -0.119. The van der Waals surface area contributed by atoms with Gasteiger partial charge in [0.05, 0.1) is 29.4 Å². The maximum atomic E-state index is 11.3. The number of halogens is 1. The van der Waals surface area contributed by atoms with E-state index in [1.807, 2.05) is 24.3 Å². The molecule has 196 valence electrons. The van der Waals surface area contributed by atoms with E-state index in [0.717, 1.165) is 30.4 Å². The normalized spacial score (nSPS) is 26.6. The summed E-state index contributed by atoms with van der Waals surface area (Å²) in [5.41, 5.74) is 5.11. The van der Waals surface area contributed by atoms with Crippen LogP contribution in [0.1, 0.15) is 37.3 Å². The summed E-state index contributed by atoms with van der Waals surface area (Å²) >= 11 is 6.63. The SMILES string of the molecule is CC(=O)NC1CC=C(c2ccc(-c3nc4c(C#N)c(OC5COC6C(O)CO[C@H]56)[nH]c4cc3Cl)cc2)CC1. The summed E-state index contributed by atoms with van der Waals surface area (Å²) in [5, 5.41) is 23.4. The van der Waals surface area contributed by atoms with Gasteiger partial charge in [0.2, 0.25) is 11.8 Å². The average molecular weight is 535 g/mol.